The lowest BCUT2D eigenvalue weighted by Gasteiger charge is -2.21. The molecule has 1 atom stereocenters. The number of aryl methyl sites for hydroxylation is 1. The Morgan fingerprint density at radius 3 is 3.08 bits per heavy atom. The van der Waals surface area contributed by atoms with Crippen molar-refractivity contribution in [2.75, 3.05) is 18.0 Å². The molecule has 1 aromatic heterocycles. The maximum Gasteiger partial charge on any atom is 0.208 e. The van der Waals surface area contributed by atoms with Gasteiger partial charge in [0.1, 0.15) is 5.01 Å². The minimum atomic E-state index is 0.479. The zero-order chi connectivity index (χ0) is 9.26. The van der Waals surface area contributed by atoms with E-state index in [1.54, 1.807) is 11.3 Å². The summed E-state index contributed by atoms with van der Waals surface area (Å²) in [6, 6.07) is 0.479. The molecule has 0 radical (unpaired) electrons. The second-order valence-corrected chi connectivity index (χ2v) is 4.49. The summed E-state index contributed by atoms with van der Waals surface area (Å²) in [4.78, 5) is 2.28. The second-order valence-electron chi connectivity index (χ2n) is 3.33. The number of aromatic nitrogens is 2. The van der Waals surface area contributed by atoms with Gasteiger partial charge >= 0.3 is 0 Å². The Labute approximate surface area is 81.8 Å². The van der Waals surface area contributed by atoms with Gasteiger partial charge in [0.25, 0.3) is 0 Å². The smallest absolute Gasteiger partial charge is 0.208 e. The average molecular weight is 198 g/mol. The van der Waals surface area contributed by atoms with Gasteiger partial charge in [0.2, 0.25) is 5.13 Å². The molecule has 0 unspecified atom stereocenters. The first-order valence-corrected chi connectivity index (χ1v) is 5.39. The molecule has 4 nitrogen and oxygen atoms in total. The Morgan fingerprint density at radius 2 is 2.46 bits per heavy atom. The van der Waals surface area contributed by atoms with Crippen LogP contribution in [0.3, 0.4) is 0 Å². The summed E-state index contributed by atoms with van der Waals surface area (Å²) < 4.78 is 0. The first-order valence-electron chi connectivity index (χ1n) is 4.58. The third kappa shape index (κ3) is 1.66. The average Bonchev–Trinajstić information content (AvgIpc) is 2.71. The maximum atomic E-state index is 5.68. The van der Waals surface area contributed by atoms with Gasteiger partial charge in [-0.2, -0.15) is 0 Å². The molecule has 5 heteroatoms. The molecule has 1 aliphatic heterocycles. The van der Waals surface area contributed by atoms with Gasteiger partial charge < -0.3 is 10.6 Å². The molecule has 0 spiro atoms. The number of rotatable bonds is 2. The molecule has 1 fully saturated rings. The van der Waals surface area contributed by atoms with Crippen LogP contribution in [0.2, 0.25) is 0 Å². The van der Waals surface area contributed by atoms with Crippen molar-refractivity contribution >= 4 is 16.5 Å². The van der Waals surface area contributed by atoms with Crippen molar-refractivity contribution in [1.82, 2.24) is 10.2 Å². The van der Waals surface area contributed by atoms with Crippen molar-refractivity contribution in [1.29, 1.82) is 0 Å². The highest BCUT2D eigenvalue weighted by atomic mass is 32.1. The van der Waals surface area contributed by atoms with Gasteiger partial charge in [-0.1, -0.05) is 11.3 Å². The standard InChI is InChI=1S/C8H14N4S/c1-6-10-11-8(13-6)12-4-2-3-7(12)5-9/h7H,2-5,9H2,1H3/t7-/m1/s1. The predicted octanol–water partition coefficient (Wildman–Crippen LogP) is 0.774. The minimum absolute atomic E-state index is 0.479. The van der Waals surface area contributed by atoms with Crippen molar-refractivity contribution in [3.63, 3.8) is 0 Å². The predicted molar refractivity (Wildman–Crippen MR) is 54.1 cm³/mol. The van der Waals surface area contributed by atoms with E-state index in [0.29, 0.717) is 6.04 Å². The lowest BCUT2D eigenvalue weighted by atomic mass is 10.2. The summed E-state index contributed by atoms with van der Waals surface area (Å²) in [6.45, 7) is 3.78. The monoisotopic (exact) mass is 198 g/mol. The van der Waals surface area contributed by atoms with Crippen molar-refractivity contribution in [2.45, 2.75) is 25.8 Å². The molecule has 13 heavy (non-hydrogen) atoms. The number of hydrogen-bond acceptors (Lipinski definition) is 5. The molecule has 0 bridgehead atoms. The Bertz CT molecular complexity index is 285. The van der Waals surface area contributed by atoms with Gasteiger partial charge in [-0.25, -0.2) is 0 Å². The van der Waals surface area contributed by atoms with Gasteiger partial charge in [0, 0.05) is 19.1 Å². The van der Waals surface area contributed by atoms with Gasteiger partial charge in [-0.3, -0.25) is 0 Å². The van der Waals surface area contributed by atoms with E-state index >= 15 is 0 Å². The highest BCUT2D eigenvalue weighted by molar-refractivity contribution is 7.15. The normalized spacial score (nSPS) is 22.6. The topological polar surface area (TPSA) is 55.0 Å². The first-order chi connectivity index (χ1) is 6.31. The van der Waals surface area contributed by atoms with E-state index in [2.05, 4.69) is 15.1 Å². The fourth-order valence-corrected chi connectivity index (χ4v) is 2.52. The molecule has 0 aliphatic carbocycles. The molecule has 1 aromatic rings. The zero-order valence-corrected chi connectivity index (χ0v) is 8.55. The summed E-state index contributed by atoms with van der Waals surface area (Å²) in [5.41, 5.74) is 5.68. The highest BCUT2D eigenvalue weighted by Crippen LogP contribution is 2.27. The second kappa shape index (κ2) is 3.59. The summed E-state index contributed by atoms with van der Waals surface area (Å²) >= 11 is 1.65. The fraction of sp³-hybridized carbons (Fsp3) is 0.750. The molecular formula is C8H14N4S. The van der Waals surface area contributed by atoms with E-state index in [1.807, 2.05) is 6.92 Å². The van der Waals surface area contributed by atoms with Crippen LogP contribution in [-0.2, 0) is 0 Å². The van der Waals surface area contributed by atoms with Crippen LogP contribution in [0.5, 0.6) is 0 Å². The largest absolute Gasteiger partial charge is 0.342 e. The quantitative estimate of drug-likeness (QED) is 0.762. The van der Waals surface area contributed by atoms with Gasteiger partial charge in [-0.15, -0.1) is 10.2 Å². The lowest BCUT2D eigenvalue weighted by molar-refractivity contribution is 0.673. The summed E-state index contributed by atoms with van der Waals surface area (Å²) in [6.07, 6.45) is 2.41. The number of nitrogens with zero attached hydrogens (tertiary/aromatic N) is 3. The van der Waals surface area contributed by atoms with Crippen LogP contribution in [0.15, 0.2) is 0 Å². The molecule has 2 rings (SSSR count). The van der Waals surface area contributed by atoms with E-state index < -0.39 is 0 Å². The van der Waals surface area contributed by atoms with Crippen molar-refractivity contribution < 1.29 is 0 Å². The fourth-order valence-electron chi connectivity index (χ4n) is 1.73. The molecule has 0 amide bonds. The summed E-state index contributed by atoms with van der Waals surface area (Å²) in [5.74, 6) is 0. The molecule has 2 N–H and O–H groups in total. The molecule has 0 saturated carbocycles. The van der Waals surface area contributed by atoms with Crippen LogP contribution >= 0.6 is 11.3 Å². The van der Waals surface area contributed by atoms with Crippen LogP contribution < -0.4 is 10.6 Å². The maximum absolute atomic E-state index is 5.68. The van der Waals surface area contributed by atoms with Gasteiger partial charge in [0.15, 0.2) is 0 Å². The molecule has 72 valence electrons. The summed E-state index contributed by atoms with van der Waals surface area (Å²) in [5, 5.41) is 10.2. The first kappa shape index (κ1) is 8.90. The van der Waals surface area contributed by atoms with Crippen molar-refractivity contribution in [3.05, 3.63) is 5.01 Å². The Hall–Kier alpha value is -0.680. The lowest BCUT2D eigenvalue weighted by Crippen LogP contribution is -2.35. The van der Waals surface area contributed by atoms with Gasteiger partial charge in [0.05, 0.1) is 0 Å². The van der Waals surface area contributed by atoms with Crippen molar-refractivity contribution in [3.8, 4) is 0 Å². The third-order valence-corrected chi connectivity index (χ3v) is 3.29. The molecule has 1 aliphatic rings. The number of nitrogens with two attached hydrogens (primary N) is 1. The van der Waals surface area contributed by atoms with E-state index in [9.17, 15) is 0 Å². The Balaban J connectivity index is 2.15. The third-order valence-electron chi connectivity index (χ3n) is 2.41. The van der Waals surface area contributed by atoms with Crippen LogP contribution in [0, 0.1) is 6.92 Å². The number of hydrogen-bond donors (Lipinski definition) is 1. The highest BCUT2D eigenvalue weighted by Gasteiger charge is 2.25. The van der Waals surface area contributed by atoms with Crippen LogP contribution in [0.4, 0.5) is 5.13 Å². The SMILES string of the molecule is Cc1nnc(N2CCC[C@@H]2CN)s1. The molecule has 1 saturated heterocycles. The Kier molecular flexibility index (Phi) is 2.46. The Morgan fingerprint density at radius 1 is 1.62 bits per heavy atom. The van der Waals surface area contributed by atoms with Crippen LogP contribution in [0.25, 0.3) is 0 Å². The molecular weight excluding hydrogens is 184 g/mol. The van der Waals surface area contributed by atoms with Gasteiger partial charge in [-0.05, 0) is 19.8 Å². The molecule has 2 heterocycles. The van der Waals surface area contributed by atoms with E-state index in [4.69, 9.17) is 5.73 Å². The minimum Gasteiger partial charge on any atom is -0.342 e. The van der Waals surface area contributed by atoms with E-state index in [1.165, 1.54) is 12.8 Å². The van der Waals surface area contributed by atoms with Crippen molar-refractivity contribution in [2.24, 2.45) is 5.73 Å². The van der Waals surface area contributed by atoms with Crippen LogP contribution in [0.1, 0.15) is 17.8 Å². The van der Waals surface area contributed by atoms with Crippen LogP contribution in [-0.4, -0.2) is 29.3 Å². The zero-order valence-electron chi connectivity index (χ0n) is 7.73. The summed E-state index contributed by atoms with van der Waals surface area (Å²) in [7, 11) is 0. The molecule has 0 aromatic carbocycles. The number of anilines is 1. The van der Waals surface area contributed by atoms with E-state index in [-0.39, 0.29) is 0 Å². The van der Waals surface area contributed by atoms with E-state index in [0.717, 1.165) is 23.2 Å².